The Labute approximate surface area is 87.4 Å². The monoisotopic (exact) mass is 232 g/mol. The zero-order valence-electron chi connectivity index (χ0n) is 7.64. The highest BCUT2D eigenvalue weighted by atomic mass is 32.2. The molecule has 0 spiro atoms. The number of rotatable bonds is 3. The second-order valence-electron chi connectivity index (χ2n) is 3.24. The van der Waals surface area contributed by atoms with E-state index in [1.165, 1.54) is 15.6 Å². The molecule has 78 valence electrons. The maximum absolute atomic E-state index is 11.8. The van der Waals surface area contributed by atoms with Gasteiger partial charge in [0.1, 0.15) is 4.21 Å². The summed E-state index contributed by atoms with van der Waals surface area (Å²) >= 11 is 1.25. The van der Waals surface area contributed by atoms with Gasteiger partial charge in [-0.1, -0.05) is 0 Å². The lowest BCUT2D eigenvalue weighted by molar-refractivity contribution is 0.310. The Kier molecular flexibility index (Phi) is 2.61. The molecule has 1 aliphatic heterocycles. The second-order valence-corrected chi connectivity index (χ2v) is 6.31. The minimum Gasteiger partial charge on any atom is -0.326 e. The molecule has 1 fully saturated rings. The predicted molar refractivity (Wildman–Crippen MR) is 55.6 cm³/mol. The van der Waals surface area contributed by atoms with Gasteiger partial charge < -0.3 is 5.73 Å². The van der Waals surface area contributed by atoms with Crippen molar-refractivity contribution in [3.05, 3.63) is 17.0 Å². The smallest absolute Gasteiger partial charge is 0.252 e. The van der Waals surface area contributed by atoms with Crippen molar-refractivity contribution in [2.75, 3.05) is 13.1 Å². The van der Waals surface area contributed by atoms with E-state index < -0.39 is 10.0 Å². The highest BCUT2D eigenvalue weighted by Crippen LogP contribution is 2.26. The van der Waals surface area contributed by atoms with Crippen LogP contribution in [0.2, 0.25) is 0 Å². The van der Waals surface area contributed by atoms with Crippen LogP contribution in [0.1, 0.15) is 12.0 Å². The van der Waals surface area contributed by atoms with E-state index >= 15 is 0 Å². The molecule has 0 saturated carbocycles. The fraction of sp³-hybridized carbons (Fsp3) is 0.500. The third kappa shape index (κ3) is 1.58. The van der Waals surface area contributed by atoms with E-state index in [2.05, 4.69) is 0 Å². The predicted octanol–water partition coefficient (Wildman–Crippen LogP) is 0.601. The van der Waals surface area contributed by atoms with Gasteiger partial charge in [-0.3, -0.25) is 0 Å². The molecule has 2 N–H and O–H groups in total. The van der Waals surface area contributed by atoms with Crippen LogP contribution in [0.4, 0.5) is 0 Å². The Morgan fingerprint density at radius 3 is 2.64 bits per heavy atom. The van der Waals surface area contributed by atoms with Crippen molar-refractivity contribution in [1.29, 1.82) is 0 Å². The molecular weight excluding hydrogens is 220 g/mol. The molecule has 0 atom stereocenters. The first-order chi connectivity index (χ1) is 6.64. The van der Waals surface area contributed by atoms with Gasteiger partial charge in [0.25, 0.3) is 10.0 Å². The van der Waals surface area contributed by atoms with Crippen LogP contribution in [0.15, 0.2) is 15.7 Å². The molecule has 2 heterocycles. The fourth-order valence-corrected chi connectivity index (χ4v) is 4.14. The molecule has 0 aliphatic carbocycles. The number of sulfonamides is 1. The van der Waals surface area contributed by atoms with Crippen molar-refractivity contribution in [2.24, 2.45) is 5.73 Å². The Morgan fingerprint density at radius 1 is 1.50 bits per heavy atom. The van der Waals surface area contributed by atoms with E-state index in [0.29, 0.717) is 23.8 Å². The highest BCUT2D eigenvalue weighted by Gasteiger charge is 2.30. The van der Waals surface area contributed by atoms with Gasteiger partial charge in [0.05, 0.1) is 0 Å². The normalized spacial score (nSPS) is 18.1. The zero-order valence-corrected chi connectivity index (χ0v) is 9.27. The Hall–Kier alpha value is -0.430. The molecule has 0 unspecified atom stereocenters. The molecule has 1 saturated heterocycles. The Bertz CT molecular complexity index is 420. The van der Waals surface area contributed by atoms with Crippen molar-refractivity contribution in [2.45, 2.75) is 17.2 Å². The Balaban J connectivity index is 2.28. The van der Waals surface area contributed by atoms with Crippen molar-refractivity contribution in [1.82, 2.24) is 4.31 Å². The first-order valence-corrected chi connectivity index (χ1v) is 6.74. The van der Waals surface area contributed by atoms with Gasteiger partial charge in [-0.25, -0.2) is 8.42 Å². The molecule has 1 aromatic heterocycles. The molecule has 4 nitrogen and oxygen atoms in total. The molecule has 0 aromatic carbocycles. The molecular formula is C8H12N2O2S2. The first kappa shape index (κ1) is 10.1. The second kappa shape index (κ2) is 3.62. The summed E-state index contributed by atoms with van der Waals surface area (Å²) in [6.07, 6.45) is 0.967. The van der Waals surface area contributed by atoms with Gasteiger partial charge in [-0.2, -0.15) is 4.31 Å². The molecule has 2 rings (SSSR count). The SMILES string of the molecule is NCc1csc(S(=O)(=O)N2CCC2)c1. The molecule has 0 radical (unpaired) electrons. The average Bonchev–Trinajstić information content (AvgIpc) is 2.47. The van der Waals surface area contributed by atoms with Crippen LogP contribution in [0, 0.1) is 0 Å². The lowest BCUT2D eigenvalue weighted by atomic mass is 10.3. The lowest BCUT2D eigenvalue weighted by Crippen LogP contribution is -2.41. The molecule has 1 aromatic rings. The van der Waals surface area contributed by atoms with E-state index in [-0.39, 0.29) is 0 Å². The molecule has 1 aliphatic rings. The standard InChI is InChI=1S/C8H12N2O2S2/c9-5-7-4-8(13-6-7)14(11,12)10-2-1-3-10/h4,6H,1-3,5,9H2. The van der Waals surface area contributed by atoms with Gasteiger partial charge in [0.15, 0.2) is 0 Å². The summed E-state index contributed by atoms with van der Waals surface area (Å²) in [5.41, 5.74) is 6.31. The Morgan fingerprint density at radius 2 is 2.21 bits per heavy atom. The first-order valence-electron chi connectivity index (χ1n) is 4.42. The van der Waals surface area contributed by atoms with Crippen LogP contribution in [-0.4, -0.2) is 25.8 Å². The quantitative estimate of drug-likeness (QED) is 0.830. The summed E-state index contributed by atoms with van der Waals surface area (Å²) in [4.78, 5) is 0. The topological polar surface area (TPSA) is 63.4 Å². The van der Waals surface area contributed by atoms with E-state index in [1.54, 1.807) is 11.4 Å². The van der Waals surface area contributed by atoms with Crippen LogP contribution >= 0.6 is 11.3 Å². The number of hydrogen-bond donors (Lipinski definition) is 1. The van der Waals surface area contributed by atoms with Crippen LogP contribution in [0.3, 0.4) is 0 Å². The number of hydrogen-bond acceptors (Lipinski definition) is 4. The maximum Gasteiger partial charge on any atom is 0.252 e. The minimum atomic E-state index is -3.20. The summed E-state index contributed by atoms with van der Waals surface area (Å²) in [7, 11) is -3.20. The summed E-state index contributed by atoms with van der Waals surface area (Å²) < 4.78 is 25.6. The van der Waals surface area contributed by atoms with Crippen LogP contribution in [0.25, 0.3) is 0 Å². The van der Waals surface area contributed by atoms with Crippen LogP contribution in [-0.2, 0) is 16.6 Å². The maximum atomic E-state index is 11.8. The van der Waals surface area contributed by atoms with Crippen molar-refractivity contribution in [3.63, 3.8) is 0 Å². The van der Waals surface area contributed by atoms with E-state index in [9.17, 15) is 8.42 Å². The summed E-state index contributed by atoms with van der Waals surface area (Å²) in [5, 5.41) is 1.80. The third-order valence-electron chi connectivity index (χ3n) is 2.27. The zero-order chi connectivity index (χ0) is 10.2. The van der Waals surface area contributed by atoms with Crippen LogP contribution < -0.4 is 5.73 Å². The van der Waals surface area contributed by atoms with Crippen molar-refractivity contribution >= 4 is 21.4 Å². The van der Waals surface area contributed by atoms with Gasteiger partial charge in [0, 0.05) is 19.6 Å². The van der Waals surface area contributed by atoms with Gasteiger partial charge in [0.2, 0.25) is 0 Å². The summed E-state index contributed by atoms with van der Waals surface area (Å²) in [5.74, 6) is 0. The molecule has 6 heteroatoms. The van der Waals surface area contributed by atoms with E-state index in [1.807, 2.05) is 0 Å². The van der Waals surface area contributed by atoms with E-state index in [4.69, 9.17) is 5.73 Å². The average molecular weight is 232 g/mol. The van der Waals surface area contributed by atoms with Gasteiger partial charge >= 0.3 is 0 Å². The largest absolute Gasteiger partial charge is 0.326 e. The summed E-state index contributed by atoms with van der Waals surface area (Å²) in [6, 6.07) is 1.66. The molecule has 0 bridgehead atoms. The highest BCUT2D eigenvalue weighted by molar-refractivity contribution is 7.91. The number of thiophene rings is 1. The van der Waals surface area contributed by atoms with Gasteiger partial charge in [-0.05, 0) is 23.4 Å². The minimum absolute atomic E-state index is 0.395. The number of nitrogens with zero attached hydrogens (tertiary/aromatic N) is 1. The fourth-order valence-electron chi connectivity index (χ4n) is 1.25. The summed E-state index contributed by atoms with van der Waals surface area (Å²) in [6.45, 7) is 1.70. The van der Waals surface area contributed by atoms with Crippen LogP contribution in [0.5, 0.6) is 0 Å². The molecule has 0 amide bonds. The number of nitrogens with two attached hydrogens (primary N) is 1. The molecule has 14 heavy (non-hydrogen) atoms. The lowest BCUT2D eigenvalue weighted by Gasteiger charge is -2.28. The third-order valence-corrected chi connectivity index (χ3v) is 5.64. The van der Waals surface area contributed by atoms with Gasteiger partial charge in [-0.15, -0.1) is 11.3 Å². The van der Waals surface area contributed by atoms with Crippen molar-refractivity contribution in [3.8, 4) is 0 Å². The van der Waals surface area contributed by atoms with E-state index in [0.717, 1.165) is 12.0 Å². The van der Waals surface area contributed by atoms with Crippen molar-refractivity contribution < 1.29 is 8.42 Å².